The van der Waals surface area contributed by atoms with Crippen LogP contribution in [0.25, 0.3) is 0 Å². The van der Waals surface area contributed by atoms with Crippen molar-refractivity contribution in [1.29, 1.82) is 0 Å². The van der Waals surface area contributed by atoms with E-state index in [0.29, 0.717) is 105 Å². The van der Waals surface area contributed by atoms with E-state index in [9.17, 15) is 51.1 Å². The molecular formula is C106H144F4N8O9. The Kier molecular flexibility index (Phi) is 42.8. The fourth-order valence-electron chi connectivity index (χ4n) is 14.5. The average molecular weight is 1750 g/mol. The summed E-state index contributed by atoms with van der Waals surface area (Å²) < 4.78 is 63.0. The Morgan fingerprint density at radius 2 is 0.630 bits per heavy atom. The van der Waals surface area contributed by atoms with Crippen LogP contribution in [0.1, 0.15) is 332 Å². The van der Waals surface area contributed by atoms with Gasteiger partial charge in [-0.3, -0.25) is 33.6 Å². The molecule has 0 aliphatic carbocycles. The number of aryl methyl sites for hydroxylation is 4. The number of rotatable bonds is 15. The molecular weight excluding hydrogens is 1610 g/mol. The predicted octanol–water partition coefficient (Wildman–Crippen LogP) is 23.0. The highest BCUT2D eigenvalue weighted by molar-refractivity contribution is 5.99. The number of morpholine rings is 2. The van der Waals surface area contributed by atoms with Crippen LogP contribution in [0.2, 0.25) is 0 Å². The highest BCUT2D eigenvalue weighted by Gasteiger charge is 2.27. The first-order chi connectivity index (χ1) is 60.0. The number of benzene rings is 7. The summed E-state index contributed by atoms with van der Waals surface area (Å²) >= 11 is 0. The zero-order valence-electron chi connectivity index (χ0n) is 80.4. The first-order valence-corrected chi connectivity index (χ1v) is 45.5. The lowest BCUT2D eigenvalue weighted by molar-refractivity contribution is -0.119. The minimum absolute atomic E-state index is 0.0381. The molecule has 127 heavy (non-hydrogen) atoms. The largest absolute Gasteiger partial charge is 0.378 e. The van der Waals surface area contributed by atoms with E-state index in [1.54, 1.807) is 67.3 Å². The number of halogens is 4. The third kappa shape index (κ3) is 33.0. The molecule has 5 saturated heterocycles. The molecule has 1 aromatic heterocycles. The molecule has 0 unspecified atom stereocenters. The molecule has 0 N–H and O–H groups in total. The van der Waals surface area contributed by atoms with Crippen LogP contribution in [0.15, 0.2) is 146 Å². The topological polar surface area (TPSA) is 174 Å². The maximum absolute atomic E-state index is 13.5. The molecule has 5 fully saturated rings. The van der Waals surface area contributed by atoms with Gasteiger partial charge < -0.3 is 43.8 Å². The van der Waals surface area contributed by atoms with Crippen molar-refractivity contribution >= 4 is 47.0 Å². The monoisotopic (exact) mass is 1750 g/mol. The lowest BCUT2D eigenvalue weighted by atomic mass is 9.97. The van der Waals surface area contributed by atoms with Crippen LogP contribution in [0.5, 0.6) is 0 Å². The van der Waals surface area contributed by atoms with Crippen LogP contribution in [-0.2, 0) is 14.3 Å². The number of hydrogen-bond donors (Lipinski definition) is 0. The molecule has 5 aliphatic heterocycles. The van der Waals surface area contributed by atoms with Crippen LogP contribution >= 0.6 is 0 Å². The van der Waals surface area contributed by atoms with Gasteiger partial charge >= 0.3 is 0 Å². The van der Waals surface area contributed by atoms with Crippen molar-refractivity contribution in [2.75, 3.05) is 118 Å². The third-order valence-electron chi connectivity index (χ3n) is 23.1. The number of carbonyl (C=O) groups excluding carboxylic acids is 7. The molecule has 5 aliphatic rings. The number of aromatic nitrogens is 1. The molecule has 6 heterocycles. The Bertz CT molecular complexity index is 4900. The van der Waals surface area contributed by atoms with Crippen LogP contribution in [0.3, 0.4) is 0 Å². The van der Waals surface area contributed by atoms with E-state index in [-0.39, 0.29) is 76.6 Å². The zero-order valence-corrected chi connectivity index (χ0v) is 80.4. The van der Waals surface area contributed by atoms with Gasteiger partial charge in [-0.25, -0.2) is 18.2 Å². The Hall–Kier alpha value is -10.4. The van der Waals surface area contributed by atoms with E-state index in [0.717, 1.165) is 133 Å². The molecule has 8 aromatic rings. The second kappa shape index (κ2) is 51.6. The molecule has 0 bridgehead atoms. The van der Waals surface area contributed by atoms with Gasteiger partial charge in [0.1, 0.15) is 17.5 Å². The van der Waals surface area contributed by atoms with Gasteiger partial charge in [0.05, 0.1) is 26.4 Å². The van der Waals surface area contributed by atoms with Gasteiger partial charge in [0.2, 0.25) is 11.9 Å². The Morgan fingerprint density at radius 3 is 0.984 bits per heavy atom. The Balaban J connectivity index is 0.000000225. The lowest BCUT2D eigenvalue weighted by Gasteiger charge is -2.29. The van der Waals surface area contributed by atoms with Gasteiger partial charge in [0.25, 0.3) is 35.4 Å². The zero-order chi connectivity index (χ0) is 94.2. The Morgan fingerprint density at radius 1 is 0.323 bits per heavy atom. The van der Waals surface area contributed by atoms with E-state index >= 15 is 0 Å². The predicted molar refractivity (Wildman–Crippen MR) is 507 cm³/mol. The molecule has 0 atom stereocenters. The lowest BCUT2D eigenvalue weighted by Crippen LogP contribution is -2.41. The summed E-state index contributed by atoms with van der Waals surface area (Å²) in [4.78, 5) is 101. The van der Waals surface area contributed by atoms with E-state index in [4.69, 9.17) is 9.47 Å². The van der Waals surface area contributed by atoms with Crippen LogP contribution in [-0.4, -0.2) is 189 Å². The Labute approximate surface area is 756 Å². The molecule has 7 amide bonds. The van der Waals surface area contributed by atoms with Crippen LogP contribution in [0, 0.1) is 51.1 Å². The van der Waals surface area contributed by atoms with Crippen molar-refractivity contribution < 1.29 is 60.6 Å². The third-order valence-corrected chi connectivity index (χ3v) is 23.1. The summed E-state index contributed by atoms with van der Waals surface area (Å²) in [5, 5.41) is 0. The van der Waals surface area contributed by atoms with Gasteiger partial charge in [-0.1, -0.05) is 165 Å². The quantitative estimate of drug-likeness (QED) is 0.0710. The number of likely N-dealkylation sites (tertiary alicyclic amines) is 2. The molecule has 7 aromatic carbocycles. The summed E-state index contributed by atoms with van der Waals surface area (Å²) in [5.41, 5.74) is 18.0. The summed E-state index contributed by atoms with van der Waals surface area (Å²) in [6.07, 6.45) is 8.83. The minimum atomic E-state index is -0.413. The number of piperidine rings is 1. The number of hydrogen-bond acceptors (Lipinski definition) is 10. The maximum atomic E-state index is 13.5. The average Bonchev–Trinajstić information content (AvgIpc) is 1.72. The van der Waals surface area contributed by atoms with Crippen molar-refractivity contribution in [2.24, 2.45) is 0 Å². The fourth-order valence-corrected chi connectivity index (χ4v) is 14.5. The minimum Gasteiger partial charge on any atom is -0.378 e. The number of ether oxygens (including phenoxy) is 2. The van der Waals surface area contributed by atoms with Gasteiger partial charge in [0, 0.05) is 139 Å². The van der Waals surface area contributed by atoms with Gasteiger partial charge in [-0.15, -0.1) is 0 Å². The number of carbonyl (C=O) groups is 7. The molecule has 0 spiro atoms. The number of amides is 7. The second-order valence-corrected chi connectivity index (χ2v) is 36.4. The van der Waals surface area contributed by atoms with Crippen molar-refractivity contribution in [1.82, 2.24) is 34.4 Å². The molecule has 690 valence electrons. The number of anilines is 1. The summed E-state index contributed by atoms with van der Waals surface area (Å²) in [7, 11) is 6.87. The molecule has 13 rings (SSSR count). The van der Waals surface area contributed by atoms with E-state index in [2.05, 4.69) is 130 Å². The van der Waals surface area contributed by atoms with E-state index in [1.807, 2.05) is 107 Å². The number of nitrogens with zero attached hydrogens (tertiary/aromatic N) is 8. The summed E-state index contributed by atoms with van der Waals surface area (Å²) in [6, 6.07) is 41.9. The van der Waals surface area contributed by atoms with Gasteiger partial charge in [-0.2, -0.15) is 4.39 Å². The number of pyridine rings is 1. The van der Waals surface area contributed by atoms with Crippen molar-refractivity contribution in [3.05, 3.63) is 269 Å². The summed E-state index contributed by atoms with van der Waals surface area (Å²) in [5.74, 6) is 1.91. The van der Waals surface area contributed by atoms with Gasteiger partial charge in [-0.05, 0) is 265 Å². The molecule has 0 radical (unpaired) electrons. The van der Waals surface area contributed by atoms with Crippen LogP contribution in [0.4, 0.5) is 23.2 Å². The first-order valence-electron chi connectivity index (χ1n) is 45.5. The van der Waals surface area contributed by atoms with E-state index in [1.165, 1.54) is 75.2 Å². The fraction of sp³-hybridized carbons (Fsp3) is 0.491. The van der Waals surface area contributed by atoms with Crippen molar-refractivity contribution in [2.45, 2.75) is 231 Å². The van der Waals surface area contributed by atoms with Crippen LogP contribution < -0.4 is 4.90 Å². The smallest absolute Gasteiger partial charge is 0.254 e. The highest BCUT2D eigenvalue weighted by atomic mass is 19.1. The van der Waals surface area contributed by atoms with E-state index < -0.39 is 5.95 Å². The SMILES string of the molecule is CC(C)c1cc(F)cc(C(=O)N(C)C)c1.CC(C)c1cc(F)cc(C(=O)N2CCCC2)c1.CC(C)c1cc(F)cc(C(=O)N2CCOCC2)c1.CC(C)c1ccc(F)nc1.Cc1ccc(C(C)C)cc1C(=O)N(C)C.Cc1ccc(C(C)C)cc1C(=O)N1CCCC1.Cc1ccc(C(C)C)cc1C(=O)N1CCOCC1.Cc1ccc(C(C)C)cc1N1CCCCC1=O. The molecule has 17 nitrogen and oxygen atoms in total. The van der Waals surface area contributed by atoms with Crippen molar-refractivity contribution in [3.8, 4) is 0 Å². The first kappa shape index (κ1) is 105. The standard InChI is InChI=1S/C15H21NO2.2C15H21NO.C14H18FNO2.C14H18FNO.C13H19NO.C12H16FNO.C8H10FN/c1-11(2)13-5-4-12(3)14(10-13)15(17)16-6-8-18-9-7-16;1-11(2)13-7-6-12(3)14(10-13)15(17)16-8-4-5-9-16;1-11(2)13-8-7-12(3)14(10-13)16-9-5-4-6-15(16)17;1-10(2)11-7-12(9-13(15)8-11)14(17)16-3-5-18-6-4-16;1-10(2)11-7-12(9-13(15)8-11)14(17)16-5-3-4-6-16;1-9(2)11-7-6-10(3)12(8-11)13(15)14(4)5;1-8(2)9-5-10(7-11(13)6-9)12(15)14(3)4;1-6(2)7-3-4-8(9)10-5-7/h4-5,10-11H,6-9H2,1-3H3;6-7,10-11H,4-5,8-9H2,1-3H3;7-8,10-11H,4-6,9H2,1-3H3;7-10H,3-6H2,1-2H3;7-10H,3-6H2,1-2H3;6-9H,1-5H3;5-8H,1-4H3;3-6H,1-2H3. The molecule has 0 saturated carbocycles. The normalized spacial score (nSPS) is 14.3. The molecule has 21 heteroatoms. The summed E-state index contributed by atoms with van der Waals surface area (Å²) in [6.45, 7) is 50.6. The van der Waals surface area contributed by atoms with Crippen molar-refractivity contribution in [3.63, 3.8) is 0 Å². The maximum Gasteiger partial charge on any atom is 0.254 e. The van der Waals surface area contributed by atoms with Gasteiger partial charge in [0.15, 0.2) is 0 Å². The highest BCUT2D eigenvalue weighted by Crippen LogP contribution is 2.31. The second-order valence-electron chi connectivity index (χ2n) is 36.4.